The molecular formula is C7H5F3N2. The molecule has 0 N–H and O–H groups in total. The Bertz CT molecular complexity index is 329. The van der Waals surface area contributed by atoms with E-state index in [1.165, 1.54) is 6.92 Å². The van der Waals surface area contributed by atoms with Crippen LogP contribution in [0.15, 0.2) is 6.07 Å². The quantitative estimate of drug-likeness (QED) is 0.547. The molecule has 12 heavy (non-hydrogen) atoms. The van der Waals surface area contributed by atoms with Crippen molar-refractivity contribution in [1.82, 2.24) is 9.78 Å². The van der Waals surface area contributed by atoms with Crippen molar-refractivity contribution in [2.75, 3.05) is 0 Å². The van der Waals surface area contributed by atoms with Crippen LogP contribution in [0.4, 0.5) is 13.2 Å². The van der Waals surface area contributed by atoms with Gasteiger partial charge in [-0.15, -0.1) is 0 Å². The van der Waals surface area contributed by atoms with E-state index < -0.39 is 11.9 Å². The minimum Gasteiger partial charge on any atom is -0.194 e. The molecule has 0 bridgehead atoms. The minimum atomic E-state index is -4.42. The summed E-state index contributed by atoms with van der Waals surface area (Å²) in [7, 11) is 0. The predicted octanol–water partition coefficient (Wildman–Crippen LogP) is 1.65. The third-order valence-electron chi connectivity index (χ3n) is 1.30. The molecular weight excluding hydrogens is 169 g/mol. The molecule has 2 nitrogen and oxygen atoms in total. The number of aryl methyl sites for hydroxylation is 1. The van der Waals surface area contributed by atoms with Gasteiger partial charge in [-0.1, -0.05) is 6.42 Å². The first-order valence-electron chi connectivity index (χ1n) is 3.05. The van der Waals surface area contributed by atoms with Crippen LogP contribution >= 0.6 is 0 Å². The third kappa shape index (κ3) is 1.42. The molecule has 0 spiro atoms. The number of nitrogens with zero attached hydrogens (tertiary/aromatic N) is 2. The van der Waals surface area contributed by atoms with Gasteiger partial charge in [0, 0.05) is 6.04 Å². The topological polar surface area (TPSA) is 17.8 Å². The summed E-state index contributed by atoms with van der Waals surface area (Å²) in [5.74, 6) is 0. The van der Waals surface area contributed by atoms with Crippen LogP contribution < -0.4 is 0 Å². The van der Waals surface area contributed by atoms with Crippen LogP contribution in [0.3, 0.4) is 0 Å². The summed E-state index contributed by atoms with van der Waals surface area (Å²) in [5.41, 5.74) is -0.664. The van der Waals surface area contributed by atoms with Crippen LogP contribution in [0.25, 0.3) is 0 Å². The van der Waals surface area contributed by atoms with Gasteiger partial charge in [0.1, 0.15) is 0 Å². The van der Waals surface area contributed by atoms with E-state index in [4.69, 9.17) is 6.42 Å². The standard InChI is InChI=1S/C7H5F3N2/c1-3-12-5(2)4-6(11-12)7(8,9)10/h1,4H,2H3. The highest BCUT2D eigenvalue weighted by Crippen LogP contribution is 2.28. The number of rotatable bonds is 0. The number of halogens is 3. The number of hydrogen-bond donors (Lipinski definition) is 0. The first-order valence-corrected chi connectivity index (χ1v) is 3.05. The largest absolute Gasteiger partial charge is 0.435 e. The van der Waals surface area contributed by atoms with Gasteiger partial charge in [-0.2, -0.15) is 23.0 Å². The summed E-state index contributed by atoms with van der Waals surface area (Å²) in [5, 5.41) is 3.16. The van der Waals surface area contributed by atoms with Crippen LogP contribution in [0.5, 0.6) is 0 Å². The minimum absolute atomic E-state index is 0.296. The zero-order valence-corrected chi connectivity index (χ0v) is 6.18. The Morgan fingerprint density at radius 1 is 1.58 bits per heavy atom. The monoisotopic (exact) mass is 174 g/mol. The SMILES string of the molecule is C#Cn1nc(C(F)(F)F)cc1C. The van der Waals surface area contributed by atoms with Gasteiger partial charge < -0.3 is 0 Å². The number of aromatic nitrogens is 2. The summed E-state index contributed by atoms with van der Waals surface area (Å²) in [6, 6.07) is 2.90. The van der Waals surface area contributed by atoms with Gasteiger partial charge in [0.25, 0.3) is 0 Å². The average Bonchev–Trinajstić information content (AvgIpc) is 2.29. The van der Waals surface area contributed by atoms with E-state index in [0.717, 1.165) is 10.7 Å². The van der Waals surface area contributed by atoms with Crippen LogP contribution in [0, 0.1) is 19.4 Å². The first-order chi connectivity index (χ1) is 5.45. The van der Waals surface area contributed by atoms with Crippen LogP contribution in [-0.4, -0.2) is 9.78 Å². The molecule has 0 aliphatic heterocycles. The van der Waals surface area contributed by atoms with E-state index in [-0.39, 0.29) is 0 Å². The predicted molar refractivity (Wildman–Crippen MR) is 36.2 cm³/mol. The molecule has 64 valence electrons. The van der Waals surface area contributed by atoms with Gasteiger partial charge in [-0.05, 0) is 13.0 Å². The van der Waals surface area contributed by atoms with E-state index >= 15 is 0 Å². The highest BCUT2D eigenvalue weighted by atomic mass is 19.4. The van der Waals surface area contributed by atoms with Crippen molar-refractivity contribution in [1.29, 1.82) is 0 Å². The van der Waals surface area contributed by atoms with E-state index in [9.17, 15) is 13.2 Å². The smallest absolute Gasteiger partial charge is 0.194 e. The molecule has 0 radical (unpaired) electrons. The van der Waals surface area contributed by atoms with E-state index in [0.29, 0.717) is 5.69 Å². The van der Waals surface area contributed by atoms with Gasteiger partial charge in [-0.25, -0.2) is 0 Å². The Hall–Kier alpha value is -1.44. The van der Waals surface area contributed by atoms with Crippen molar-refractivity contribution in [2.24, 2.45) is 0 Å². The molecule has 1 aromatic heterocycles. The fourth-order valence-corrected chi connectivity index (χ4v) is 0.744. The lowest BCUT2D eigenvalue weighted by molar-refractivity contribution is -0.141. The molecule has 0 unspecified atom stereocenters. The van der Waals surface area contributed by atoms with Crippen molar-refractivity contribution in [3.05, 3.63) is 17.5 Å². The van der Waals surface area contributed by atoms with Gasteiger partial charge in [-0.3, -0.25) is 0 Å². The lowest BCUT2D eigenvalue weighted by atomic mass is 10.4. The molecule has 0 aliphatic rings. The molecule has 0 amide bonds. The van der Waals surface area contributed by atoms with Crippen LogP contribution in [0.1, 0.15) is 11.4 Å². The summed E-state index contributed by atoms with van der Waals surface area (Å²) >= 11 is 0. The fourth-order valence-electron chi connectivity index (χ4n) is 0.744. The number of alkyl halides is 3. The maximum absolute atomic E-state index is 12.0. The van der Waals surface area contributed by atoms with Crippen molar-refractivity contribution in [3.63, 3.8) is 0 Å². The van der Waals surface area contributed by atoms with Crippen LogP contribution in [-0.2, 0) is 6.18 Å². The number of terminal acetylenes is 1. The molecule has 0 saturated carbocycles. The Morgan fingerprint density at radius 2 is 2.17 bits per heavy atom. The average molecular weight is 174 g/mol. The van der Waals surface area contributed by atoms with Gasteiger partial charge in [0.2, 0.25) is 0 Å². The summed E-state index contributed by atoms with van der Waals surface area (Å²) in [4.78, 5) is 0. The van der Waals surface area contributed by atoms with Crippen LogP contribution in [0.2, 0.25) is 0 Å². The lowest BCUT2D eigenvalue weighted by Gasteiger charge is -1.98. The zero-order chi connectivity index (χ0) is 9.35. The normalized spacial score (nSPS) is 11.2. The Labute approximate surface area is 67.0 Å². The molecule has 5 heteroatoms. The summed E-state index contributed by atoms with van der Waals surface area (Å²) in [6.07, 6.45) is 0.467. The molecule has 1 heterocycles. The molecule has 0 atom stereocenters. The second kappa shape index (κ2) is 2.55. The highest BCUT2D eigenvalue weighted by Gasteiger charge is 2.34. The molecule has 0 aromatic carbocycles. The molecule has 0 aliphatic carbocycles. The fraction of sp³-hybridized carbons (Fsp3) is 0.286. The second-order valence-corrected chi connectivity index (χ2v) is 2.21. The van der Waals surface area contributed by atoms with Crippen molar-refractivity contribution in [3.8, 4) is 12.5 Å². The van der Waals surface area contributed by atoms with E-state index in [1.807, 2.05) is 6.04 Å². The Kier molecular flexibility index (Phi) is 1.84. The van der Waals surface area contributed by atoms with E-state index in [1.54, 1.807) is 0 Å². The maximum Gasteiger partial charge on any atom is 0.435 e. The van der Waals surface area contributed by atoms with Gasteiger partial charge in [0.05, 0.1) is 5.69 Å². The van der Waals surface area contributed by atoms with Gasteiger partial charge in [0.15, 0.2) is 5.69 Å². The highest BCUT2D eigenvalue weighted by molar-refractivity contribution is 5.15. The van der Waals surface area contributed by atoms with Crippen molar-refractivity contribution in [2.45, 2.75) is 13.1 Å². The molecule has 1 rings (SSSR count). The molecule has 0 fully saturated rings. The van der Waals surface area contributed by atoms with E-state index in [2.05, 4.69) is 5.10 Å². The first kappa shape index (κ1) is 8.65. The lowest BCUT2D eigenvalue weighted by Crippen LogP contribution is -2.06. The molecule has 1 aromatic rings. The van der Waals surface area contributed by atoms with Gasteiger partial charge >= 0.3 is 6.18 Å². The molecule has 0 saturated heterocycles. The second-order valence-electron chi connectivity index (χ2n) is 2.21. The summed E-state index contributed by atoms with van der Waals surface area (Å²) in [6.45, 7) is 1.46. The third-order valence-corrected chi connectivity index (χ3v) is 1.30. The number of hydrogen-bond acceptors (Lipinski definition) is 1. The maximum atomic E-state index is 12.0. The Balaban J connectivity index is 3.16. The Morgan fingerprint density at radius 3 is 2.42 bits per heavy atom. The summed E-state index contributed by atoms with van der Waals surface area (Å²) < 4.78 is 36.8. The van der Waals surface area contributed by atoms with Crippen molar-refractivity contribution >= 4 is 0 Å². The zero-order valence-electron chi connectivity index (χ0n) is 6.18. The van der Waals surface area contributed by atoms with Crippen molar-refractivity contribution < 1.29 is 13.2 Å².